The van der Waals surface area contributed by atoms with Crippen LogP contribution < -0.4 is 5.32 Å². The number of imide groups is 1. The largest absolute Gasteiger partial charge is 0.353 e. The van der Waals surface area contributed by atoms with Gasteiger partial charge in [-0.1, -0.05) is 42.5 Å². The molecule has 1 fully saturated rings. The van der Waals surface area contributed by atoms with E-state index in [9.17, 15) is 14.4 Å². The molecule has 1 saturated heterocycles. The van der Waals surface area contributed by atoms with Crippen molar-refractivity contribution in [2.45, 2.75) is 38.6 Å². The summed E-state index contributed by atoms with van der Waals surface area (Å²) in [5.41, 5.74) is 1.16. The van der Waals surface area contributed by atoms with Crippen LogP contribution in [-0.2, 0) is 20.8 Å². The number of carbonyl (C=O) groups excluding carboxylic acids is 3. The Morgan fingerprint density at radius 3 is 2.48 bits per heavy atom. The quantitative estimate of drug-likeness (QED) is 0.823. The summed E-state index contributed by atoms with van der Waals surface area (Å²) in [6.45, 7) is 2.13. The average molecular weight is 338 g/mol. The van der Waals surface area contributed by atoms with Crippen molar-refractivity contribution < 1.29 is 14.4 Å². The zero-order chi connectivity index (χ0) is 17.8. The van der Waals surface area contributed by atoms with E-state index in [1.165, 1.54) is 15.7 Å². The van der Waals surface area contributed by atoms with Gasteiger partial charge in [0, 0.05) is 31.8 Å². The second-order valence-corrected chi connectivity index (χ2v) is 6.54. The number of rotatable bonds is 6. The topological polar surface area (TPSA) is 66.5 Å². The van der Waals surface area contributed by atoms with Gasteiger partial charge in [0.15, 0.2) is 0 Å². The molecule has 1 heterocycles. The van der Waals surface area contributed by atoms with E-state index in [1.807, 2.05) is 19.1 Å². The van der Waals surface area contributed by atoms with Gasteiger partial charge in [0.1, 0.15) is 0 Å². The average Bonchev–Trinajstić information content (AvgIpc) is 2.91. The van der Waals surface area contributed by atoms with E-state index in [0.29, 0.717) is 0 Å². The first-order valence-corrected chi connectivity index (χ1v) is 8.63. The molecule has 1 N–H and O–H groups in total. The van der Waals surface area contributed by atoms with Crippen LogP contribution in [0.2, 0.25) is 0 Å². The molecule has 5 heteroatoms. The molecule has 1 aliphatic heterocycles. The molecule has 0 saturated carbocycles. The third-order valence-electron chi connectivity index (χ3n) is 4.48. The number of hydrogen-bond acceptors (Lipinski definition) is 3. The number of amides is 3. The van der Waals surface area contributed by atoms with Crippen LogP contribution in [0.4, 0.5) is 0 Å². The minimum atomic E-state index is -0.179. The number of fused-ring (bicyclic) bond motifs is 1. The number of nitrogens with one attached hydrogen (secondary N) is 1. The minimum Gasteiger partial charge on any atom is -0.353 e. The second-order valence-electron chi connectivity index (χ2n) is 6.54. The van der Waals surface area contributed by atoms with Crippen LogP contribution >= 0.6 is 0 Å². The van der Waals surface area contributed by atoms with E-state index in [-0.39, 0.29) is 49.6 Å². The van der Waals surface area contributed by atoms with Crippen molar-refractivity contribution in [2.75, 3.05) is 6.54 Å². The summed E-state index contributed by atoms with van der Waals surface area (Å²) < 4.78 is 0. The molecule has 130 valence electrons. The van der Waals surface area contributed by atoms with E-state index in [1.54, 1.807) is 0 Å². The lowest BCUT2D eigenvalue weighted by Gasteiger charge is -2.17. The molecular formula is C20H22N2O3. The molecule has 0 spiro atoms. The van der Waals surface area contributed by atoms with Crippen LogP contribution in [0.5, 0.6) is 0 Å². The van der Waals surface area contributed by atoms with E-state index in [2.05, 4.69) is 35.6 Å². The Kier molecular flexibility index (Phi) is 5.12. The SMILES string of the molecule is C[C@H](Cc1ccc2ccccc2c1)NC(=O)CCN1C(=O)CCC1=O. The van der Waals surface area contributed by atoms with Gasteiger partial charge in [0.2, 0.25) is 17.7 Å². The van der Waals surface area contributed by atoms with Gasteiger partial charge in [0.25, 0.3) is 0 Å². The van der Waals surface area contributed by atoms with Crippen LogP contribution in [0.3, 0.4) is 0 Å². The molecule has 0 unspecified atom stereocenters. The van der Waals surface area contributed by atoms with Gasteiger partial charge in [-0.15, -0.1) is 0 Å². The molecule has 25 heavy (non-hydrogen) atoms. The highest BCUT2D eigenvalue weighted by Crippen LogP contribution is 2.17. The molecule has 5 nitrogen and oxygen atoms in total. The van der Waals surface area contributed by atoms with Crippen LogP contribution in [0.15, 0.2) is 42.5 Å². The maximum absolute atomic E-state index is 12.1. The van der Waals surface area contributed by atoms with Crippen molar-refractivity contribution in [3.63, 3.8) is 0 Å². The zero-order valence-corrected chi connectivity index (χ0v) is 14.3. The van der Waals surface area contributed by atoms with Crippen molar-refractivity contribution in [1.29, 1.82) is 0 Å². The smallest absolute Gasteiger partial charge is 0.229 e. The Balaban J connectivity index is 1.50. The first kappa shape index (κ1) is 17.1. The molecule has 3 rings (SSSR count). The Labute approximate surface area is 147 Å². The van der Waals surface area contributed by atoms with Crippen LogP contribution in [-0.4, -0.2) is 35.2 Å². The summed E-state index contributed by atoms with van der Waals surface area (Å²) >= 11 is 0. The summed E-state index contributed by atoms with van der Waals surface area (Å²) in [5, 5.41) is 5.32. The Hall–Kier alpha value is -2.69. The summed E-state index contributed by atoms with van der Waals surface area (Å²) in [4.78, 5) is 36.3. The van der Waals surface area contributed by atoms with E-state index < -0.39 is 0 Å². The lowest BCUT2D eigenvalue weighted by atomic mass is 10.0. The van der Waals surface area contributed by atoms with E-state index in [0.717, 1.165) is 12.0 Å². The molecule has 1 atom stereocenters. The molecular weight excluding hydrogens is 316 g/mol. The number of nitrogens with zero attached hydrogens (tertiary/aromatic N) is 1. The van der Waals surface area contributed by atoms with Crippen molar-refractivity contribution in [2.24, 2.45) is 0 Å². The van der Waals surface area contributed by atoms with Crippen molar-refractivity contribution in [1.82, 2.24) is 10.2 Å². The van der Waals surface area contributed by atoms with Gasteiger partial charge in [-0.25, -0.2) is 0 Å². The second kappa shape index (κ2) is 7.47. The summed E-state index contributed by atoms with van der Waals surface area (Å²) in [6.07, 6.45) is 1.41. The number of carbonyl (C=O) groups is 3. The molecule has 2 aromatic rings. The van der Waals surface area contributed by atoms with Crippen molar-refractivity contribution in [3.8, 4) is 0 Å². The Morgan fingerprint density at radius 1 is 1.08 bits per heavy atom. The maximum Gasteiger partial charge on any atom is 0.229 e. The highest BCUT2D eigenvalue weighted by atomic mass is 16.2. The van der Waals surface area contributed by atoms with Crippen LogP contribution in [0.1, 0.15) is 31.7 Å². The van der Waals surface area contributed by atoms with Crippen LogP contribution in [0.25, 0.3) is 10.8 Å². The first-order chi connectivity index (χ1) is 12.0. The van der Waals surface area contributed by atoms with Gasteiger partial charge >= 0.3 is 0 Å². The lowest BCUT2D eigenvalue weighted by molar-refractivity contribution is -0.138. The molecule has 3 amide bonds. The predicted molar refractivity (Wildman–Crippen MR) is 95.8 cm³/mol. The minimum absolute atomic E-state index is 0.0151. The predicted octanol–water partition coefficient (Wildman–Crippen LogP) is 2.43. The van der Waals surface area contributed by atoms with Gasteiger partial charge in [-0.05, 0) is 29.7 Å². The molecule has 0 radical (unpaired) electrons. The Bertz CT molecular complexity index is 799. The van der Waals surface area contributed by atoms with Crippen molar-refractivity contribution >= 4 is 28.5 Å². The van der Waals surface area contributed by atoms with Gasteiger partial charge < -0.3 is 5.32 Å². The molecule has 0 bridgehead atoms. The molecule has 0 aromatic heterocycles. The lowest BCUT2D eigenvalue weighted by Crippen LogP contribution is -2.38. The van der Waals surface area contributed by atoms with Gasteiger partial charge in [0.05, 0.1) is 0 Å². The standard InChI is InChI=1S/C20H22N2O3/c1-14(12-15-6-7-16-4-2-3-5-17(16)13-15)21-18(23)10-11-22-19(24)8-9-20(22)25/h2-7,13-14H,8-12H2,1H3,(H,21,23)/t14-/m1/s1. The fraction of sp³-hybridized carbons (Fsp3) is 0.350. The summed E-state index contributed by atoms with van der Waals surface area (Å²) in [6, 6.07) is 14.5. The summed E-state index contributed by atoms with van der Waals surface area (Å²) in [7, 11) is 0. The van der Waals surface area contributed by atoms with Gasteiger partial charge in [-0.3, -0.25) is 19.3 Å². The molecule has 1 aliphatic rings. The number of benzene rings is 2. The van der Waals surface area contributed by atoms with Crippen LogP contribution in [0, 0.1) is 0 Å². The highest BCUT2D eigenvalue weighted by Gasteiger charge is 2.28. The van der Waals surface area contributed by atoms with E-state index in [4.69, 9.17) is 0 Å². The van der Waals surface area contributed by atoms with Gasteiger partial charge in [-0.2, -0.15) is 0 Å². The van der Waals surface area contributed by atoms with Crippen molar-refractivity contribution in [3.05, 3.63) is 48.0 Å². The fourth-order valence-electron chi connectivity index (χ4n) is 3.20. The van der Waals surface area contributed by atoms with E-state index >= 15 is 0 Å². The fourth-order valence-corrected chi connectivity index (χ4v) is 3.20. The molecule has 2 aromatic carbocycles. The third kappa shape index (κ3) is 4.24. The Morgan fingerprint density at radius 2 is 1.76 bits per heavy atom. The number of likely N-dealkylation sites (tertiary alicyclic amines) is 1. The maximum atomic E-state index is 12.1. The third-order valence-corrected chi connectivity index (χ3v) is 4.48. The highest BCUT2D eigenvalue weighted by molar-refractivity contribution is 6.02. The first-order valence-electron chi connectivity index (χ1n) is 8.63. The monoisotopic (exact) mass is 338 g/mol. The number of hydrogen-bond donors (Lipinski definition) is 1. The molecule has 0 aliphatic carbocycles. The normalized spacial score (nSPS) is 15.6. The summed E-state index contributed by atoms with van der Waals surface area (Å²) in [5.74, 6) is -0.496. The zero-order valence-electron chi connectivity index (χ0n) is 14.3.